The number of sulfone groups is 1. The Balaban J connectivity index is 0.000000649. The third-order valence-corrected chi connectivity index (χ3v) is 6.75. The molecule has 0 bridgehead atoms. The molecule has 0 fully saturated rings. The molecule has 0 aliphatic rings. The maximum atomic E-state index is 13.0. The van der Waals surface area contributed by atoms with Crippen molar-refractivity contribution in [3.63, 3.8) is 0 Å². The van der Waals surface area contributed by atoms with Crippen molar-refractivity contribution in [2.75, 3.05) is 13.1 Å². The molecule has 2 aromatic rings. The predicted octanol–water partition coefficient (Wildman–Crippen LogP) is 4.34. The fourth-order valence-electron chi connectivity index (χ4n) is 2.47. The number of carboxylic acid groups (broad SMARTS) is 2. The second-order valence-corrected chi connectivity index (χ2v) is 12.2. The average molecular weight is 676 g/mol. The molecule has 9 nitrogen and oxygen atoms in total. The minimum Gasteiger partial charge on any atom is -0.480 e. The Labute approximate surface area is 227 Å². The van der Waals surface area contributed by atoms with Crippen LogP contribution in [0.1, 0.15) is 36.7 Å². The average Bonchev–Trinajstić information content (AvgIpc) is 2.74. The van der Waals surface area contributed by atoms with E-state index in [-0.39, 0.29) is 26.6 Å². The topological polar surface area (TPSA) is 150 Å². The third-order valence-electron chi connectivity index (χ3n) is 4.12. The maximum Gasteiger partial charge on any atom is 0.416 e. The largest absolute Gasteiger partial charge is 0.480 e. The normalized spacial score (nSPS) is 11.8. The summed E-state index contributed by atoms with van der Waals surface area (Å²) in [4.78, 5) is 31.5. The summed E-state index contributed by atoms with van der Waals surface area (Å²) in [6.07, 6.45) is -4.76. The molecule has 0 radical (unpaired) electrons. The first-order valence-electron chi connectivity index (χ1n) is 10.1. The monoisotopic (exact) mass is 674 g/mol. The molecule has 37 heavy (non-hydrogen) atoms. The van der Waals surface area contributed by atoms with Gasteiger partial charge in [-0.2, -0.15) is 13.2 Å². The molecule has 2 aromatic carbocycles. The summed E-state index contributed by atoms with van der Waals surface area (Å²) >= 11 is 5.90. The Morgan fingerprint density at radius 1 is 0.838 bits per heavy atom. The number of nitrogens with one attached hydrogen (secondary N) is 2. The zero-order valence-corrected chi connectivity index (χ0v) is 23.6. The Bertz CT molecular complexity index is 1280. The van der Waals surface area contributed by atoms with Gasteiger partial charge in [0.25, 0.3) is 5.91 Å². The van der Waals surface area contributed by atoms with Crippen molar-refractivity contribution in [2.24, 2.45) is 0 Å². The van der Waals surface area contributed by atoms with Crippen LogP contribution in [0.15, 0.2) is 55.1 Å². The van der Waals surface area contributed by atoms with E-state index in [1.807, 2.05) is 20.8 Å². The summed E-state index contributed by atoms with van der Waals surface area (Å²) < 4.78 is 64.7. The van der Waals surface area contributed by atoms with Crippen LogP contribution >= 0.6 is 31.9 Å². The molecule has 204 valence electrons. The molecule has 0 aliphatic heterocycles. The van der Waals surface area contributed by atoms with E-state index < -0.39 is 55.8 Å². The Hall–Kier alpha value is -2.49. The molecule has 0 heterocycles. The lowest BCUT2D eigenvalue weighted by Gasteiger charge is -2.18. The van der Waals surface area contributed by atoms with Crippen LogP contribution in [0, 0.1) is 0 Å². The fourth-order valence-corrected chi connectivity index (χ4v) is 5.16. The van der Waals surface area contributed by atoms with Gasteiger partial charge in [-0.25, -0.2) is 8.42 Å². The fraction of sp³-hybridized carbons (Fsp3) is 0.318. The third kappa shape index (κ3) is 11.2. The molecule has 0 atom stereocenters. The molecule has 0 saturated carbocycles. The van der Waals surface area contributed by atoms with Gasteiger partial charge in [0.2, 0.25) is 9.84 Å². The number of alkyl halides is 3. The number of rotatable bonds is 7. The van der Waals surface area contributed by atoms with E-state index in [4.69, 9.17) is 10.2 Å². The number of carbonyl (C=O) groups is 3. The van der Waals surface area contributed by atoms with Crippen molar-refractivity contribution in [3.05, 3.63) is 56.5 Å². The molecule has 1 amide bonds. The number of halogens is 5. The quantitative estimate of drug-likeness (QED) is 0.339. The van der Waals surface area contributed by atoms with Crippen LogP contribution in [0.5, 0.6) is 0 Å². The van der Waals surface area contributed by atoms with E-state index in [9.17, 15) is 36.0 Å². The number of amides is 1. The summed E-state index contributed by atoms with van der Waals surface area (Å²) in [6.45, 7) is 5.12. The van der Waals surface area contributed by atoms with Crippen molar-refractivity contribution in [2.45, 2.75) is 42.3 Å². The van der Waals surface area contributed by atoms with Gasteiger partial charge in [0, 0.05) is 20.0 Å². The lowest BCUT2D eigenvalue weighted by atomic mass is 10.1. The van der Waals surface area contributed by atoms with Crippen LogP contribution in [0.3, 0.4) is 0 Å². The van der Waals surface area contributed by atoms with Crippen LogP contribution in [0.4, 0.5) is 13.2 Å². The zero-order valence-electron chi connectivity index (χ0n) is 19.6. The van der Waals surface area contributed by atoms with Gasteiger partial charge in [0.15, 0.2) is 0 Å². The smallest absolute Gasteiger partial charge is 0.416 e. The van der Waals surface area contributed by atoms with E-state index in [1.165, 1.54) is 6.07 Å². The van der Waals surface area contributed by atoms with E-state index >= 15 is 0 Å². The van der Waals surface area contributed by atoms with Gasteiger partial charge >= 0.3 is 18.1 Å². The lowest BCUT2D eigenvalue weighted by molar-refractivity contribution is -0.138. The highest BCUT2D eigenvalue weighted by molar-refractivity contribution is 9.10. The SMILES string of the molecule is CC(C)(C)NCC(=O)O.O=C(O)CNC(=O)c1cc(Br)cc(S(=O)(=O)c2cc(Br)cc(C(F)(F)F)c2)c1. The first-order valence-corrected chi connectivity index (χ1v) is 13.2. The summed E-state index contributed by atoms with van der Waals surface area (Å²) in [7, 11) is -4.41. The van der Waals surface area contributed by atoms with Gasteiger partial charge in [0.1, 0.15) is 6.54 Å². The molecule has 4 N–H and O–H groups in total. The van der Waals surface area contributed by atoms with Crippen molar-refractivity contribution in [1.82, 2.24) is 10.6 Å². The van der Waals surface area contributed by atoms with Crippen molar-refractivity contribution < 1.29 is 46.2 Å². The molecule has 15 heteroatoms. The molecule has 0 aromatic heterocycles. The van der Waals surface area contributed by atoms with Crippen molar-refractivity contribution in [1.29, 1.82) is 0 Å². The van der Waals surface area contributed by atoms with Crippen molar-refractivity contribution >= 4 is 59.5 Å². The zero-order chi connectivity index (χ0) is 28.8. The first kappa shape index (κ1) is 32.5. The maximum absolute atomic E-state index is 13.0. The van der Waals surface area contributed by atoms with E-state index in [0.29, 0.717) is 6.07 Å². The highest BCUT2D eigenvalue weighted by Crippen LogP contribution is 2.35. The van der Waals surface area contributed by atoms with Gasteiger partial charge in [-0.05, 0) is 57.2 Å². The van der Waals surface area contributed by atoms with Crippen LogP contribution in [-0.4, -0.2) is 55.1 Å². The second kappa shape index (κ2) is 12.8. The minimum atomic E-state index is -4.76. The highest BCUT2D eigenvalue weighted by atomic mass is 79.9. The number of aliphatic carboxylic acids is 2. The second-order valence-electron chi connectivity index (χ2n) is 8.43. The number of hydrogen-bond donors (Lipinski definition) is 4. The number of carbonyl (C=O) groups excluding carboxylic acids is 1. The van der Waals surface area contributed by atoms with E-state index in [1.54, 1.807) is 0 Å². The summed E-state index contributed by atoms with van der Waals surface area (Å²) in [5.74, 6) is -2.97. The summed E-state index contributed by atoms with van der Waals surface area (Å²) in [5, 5.41) is 21.7. The number of hydrogen-bond acceptors (Lipinski definition) is 6. The van der Waals surface area contributed by atoms with E-state index in [0.717, 1.165) is 24.3 Å². The van der Waals surface area contributed by atoms with E-state index in [2.05, 4.69) is 42.5 Å². The van der Waals surface area contributed by atoms with Gasteiger partial charge in [-0.15, -0.1) is 0 Å². The van der Waals surface area contributed by atoms with Gasteiger partial charge in [0.05, 0.1) is 21.9 Å². The minimum absolute atomic E-state index is 0.0312. The lowest BCUT2D eigenvalue weighted by Crippen LogP contribution is -2.39. The Morgan fingerprint density at radius 3 is 1.76 bits per heavy atom. The molecule has 0 unspecified atom stereocenters. The van der Waals surface area contributed by atoms with Gasteiger partial charge in [-0.1, -0.05) is 31.9 Å². The predicted molar refractivity (Wildman–Crippen MR) is 134 cm³/mol. The molecule has 0 saturated heterocycles. The molecular weight excluding hydrogens is 653 g/mol. The molecule has 0 spiro atoms. The summed E-state index contributed by atoms with van der Waals surface area (Å²) in [5.41, 5.74) is -1.44. The first-order chi connectivity index (χ1) is 16.7. The van der Waals surface area contributed by atoms with Crippen LogP contribution in [0.2, 0.25) is 0 Å². The number of benzene rings is 2. The molecule has 0 aliphatic carbocycles. The number of carboxylic acids is 2. The molecular formula is C22H23Br2F3N2O7S. The standard InChI is InChI=1S/C16H10Br2F3NO5S.C6H13NO2/c17-10-1-8(15(25)22-7-14(23)24)2-12(5-10)28(26,27)13-4-9(16(19,20)21)3-11(18)6-13;1-6(2,3)7-4-5(8)9/h1-6H,7H2,(H,22,25)(H,23,24);7H,4H2,1-3H3,(H,8,9). The van der Waals surface area contributed by atoms with Crippen LogP contribution in [-0.2, 0) is 25.6 Å². The summed E-state index contributed by atoms with van der Waals surface area (Å²) in [6, 6.07) is 5.56. The van der Waals surface area contributed by atoms with Crippen molar-refractivity contribution in [3.8, 4) is 0 Å². The van der Waals surface area contributed by atoms with Crippen LogP contribution < -0.4 is 10.6 Å². The van der Waals surface area contributed by atoms with Gasteiger partial charge < -0.3 is 20.8 Å². The Morgan fingerprint density at radius 2 is 1.32 bits per heavy atom. The Kier molecular flexibility index (Phi) is 11.3. The highest BCUT2D eigenvalue weighted by Gasteiger charge is 2.33. The van der Waals surface area contributed by atoms with Crippen LogP contribution in [0.25, 0.3) is 0 Å². The molecule has 2 rings (SSSR count). The van der Waals surface area contributed by atoms with Gasteiger partial charge in [-0.3, -0.25) is 14.4 Å².